The Morgan fingerprint density at radius 1 is 1.30 bits per heavy atom. The Bertz CT molecular complexity index is 707. The number of rotatable bonds is 4. The molecule has 0 spiro atoms. The van der Waals surface area contributed by atoms with E-state index >= 15 is 0 Å². The molecule has 0 saturated carbocycles. The summed E-state index contributed by atoms with van der Waals surface area (Å²) in [5.41, 5.74) is 1.31. The van der Waals surface area contributed by atoms with E-state index in [1.54, 1.807) is 13.2 Å². The predicted molar refractivity (Wildman–Crippen MR) is 87.8 cm³/mol. The summed E-state index contributed by atoms with van der Waals surface area (Å²) < 4.78 is 9.79. The van der Waals surface area contributed by atoms with Crippen LogP contribution in [-0.4, -0.2) is 20.2 Å². The Labute approximate surface area is 136 Å². The van der Waals surface area contributed by atoms with E-state index in [1.807, 2.05) is 49.4 Å². The van der Waals surface area contributed by atoms with Gasteiger partial charge in [0.05, 0.1) is 26.2 Å². The Morgan fingerprint density at radius 2 is 2.00 bits per heavy atom. The van der Waals surface area contributed by atoms with Crippen molar-refractivity contribution in [3.05, 3.63) is 65.8 Å². The minimum atomic E-state index is -0.481. The molecule has 1 aliphatic carbocycles. The topological polar surface area (TPSA) is 59.3 Å². The van der Waals surface area contributed by atoms with Crippen molar-refractivity contribution < 1.29 is 14.3 Å². The summed E-state index contributed by atoms with van der Waals surface area (Å²) in [4.78, 5) is 11.3. The Hall–Kier alpha value is -2.80. The van der Waals surface area contributed by atoms with E-state index in [9.17, 15) is 10.1 Å². The lowest BCUT2D eigenvalue weighted by molar-refractivity contribution is -0.134. The molecule has 0 amide bonds. The van der Waals surface area contributed by atoms with Crippen LogP contribution in [0.2, 0.25) is 0 Å². The van der Waals surface area contributed by atoms with Crippen molar-refractivity contribution >= 4 is 5.97 Å². The first kappa shape index (κ1) is 16.6. The minimum Gasteiger partial charge on any atom is -0.497 e. The van der Waals surface area contributed by atoms with Crippen LogP contribution in [0.4, 0.5) is 0 Å². The standard InChI is InChI=1S/C19H19NO3/c1-19(15-7-9-16(22-2)10-8-15)12-4-5-14(17(19)13-20)6-11-18(21)23-3/h4-12,17H,1-3H3/b11-6+. The van der Waals surface area contributed by atoms with E-state index in [0.717, 1.165) is 16.9 Å². The van der Waals surface area contributed by atoms with Gasteiger partial charge in [-0.2, -0.15) is 5.26 Å². The number of ether oxygens (including phenoxy) is 2. The third-order valence-electron chi connectivity index (χ3n) is 4.12. The molecule has 0 saturated heterocycles. The zero-order valence-electron chi connectivity index (χ0n) is 13.4. The minimum absolute atomic E-state index is 0.401. The van der Waals surface area contributed by atoms with Crippen molar-refractivity contribution in [2.24, 2.45) is 5.92 Å². The van der Waals surface area contributed by atoms with Crippen LogP contribution in [-0.2, 0) is 14.9 Å². The number of carbonyl (C=O) groups excluding carboxylic acids is 1. The quantitative estimate of drug-likeness (QED) is 0.632. The van der Waals surface area contributed by atoms with Crippen LogP contribution in [0.5, 0.6) is 5.75 Å². The highest BCUT2D eigenvalue weighted by atomic mass is 16.5. The van der Waals surface area contributed by atoms with Crippen LogP contribution in [0.25, 0.3) is 0 Å². The first-order chi connectivity index (χ1) is 11.0. The molecule has 4 nitrogen and oxygen atoms in total. The Morgan fingerprint density at radius 3 is 2.57 bits per heavy atom. The van der Waals surface area contributed by atoms with E-state index in [1.165, 1.54) is 13.2 Å². The van der Waals surface area contributed by atoms with Gasteiger partial charge in [-0.25, -0.2) is 4.79 Å². The molecule has 0 heterocycles. The molecule has 0 fully saturated rings. The molecule has 1 aliphatic rings. The van der Waals surface area contributed by atoms with Crippen LogP contribution < -0.4 is 4.74 Å². The fraction of sp³-hybridized carbons (Fsp3) is 0.263. The van der Waals surface area contributed by atoms with Crippen LogP contribution in [0, 0.1) is 17.2 Å². The molecular weight excluding hydrogens is 290 g/mol. The van der Waals surface area contributed by atoms with Crippen molar-refractivity contribution in [2.75, 3.05) is 14.2 Å². The molecule has 0 aromatic heterocycles. The van der Waals surface area contributed by atoms with Gasteiger partial charge in [-0.05, 0) is 23.3 Å². The number of nitriles is 1. The average Bonchev–Trinajstić information content (AvgIpc) is 2.59. The van der Waals surface area contributed by atoms with E-state index in [2.05, 4.69) is 10.8 Å². The molecule has 0 N–H and O–H groups in total. The Kier molecular flexibility index (Phi) is 5.02. The third kappa shape index (κ3) is 3.35. The highest BCUT2D eigenvalue weighted by Crippen LogP contribution is 2.41. The monoisotopic (exact) mass is 309 g/mol. The van der Waals surface area contributed by atoms with E-state index in [4.69, 9.17) is 4.74 Å². The zero-order chi connectivity index (χ0) is 16.9. The second-order valence-corrected chi connectivity index (χ2v) is 5.46. The first-order valence-electron chi connectivity index (χ1n) is 7.24. The van der Waals surface area contributed by atoms with Crippen LogP contribution in [0.3, 0.4) is 0 Å². The van der Waals surface area contributed by atoms with Crippen LogP contribution in [0.1, 0.15) is 12.5 Å². The molecule has 0 aliphatic heterocycles. The largest absolute Gasteiger partial charge is 0.497 e. The number of esters is 1. The Balaban J connectivity index is 2.37. The fourth-order valence-electron chi connectivity index (χ4n) is 2.70. The summed E-state index contributed by atoms with van der Waals surface area (Å²) in [5.74, 6) is -0.0721. The van der Waals surface area contributed by atoms with Gasteiger partial charge in [-0.15, -0.1) is 0 Å². The molecule has 118 valence electrons. The van der Waals surface area contributed by atoms with Crippen molar-refractivity contribution in [2.45, 2.75) is 12.3 Å². The maximum Gasteiger partial charge on any atom is 0.330 e. The average molecular weight is 309 g/mol. The molecule has 23 heavy (non-hydrogen) atoms. The second-order valence-electron chi connectivity index (χ2n) is 5.46. The summed E-state index contributed by atoms with van der Waals surface area (Å²) in [6, 6.07) is 10.0. The molecule has 1 aromatic carbocycles. The number of allylic oxidation sites excluding steroid dienone is 5. The number of nitrogens with zero attached hydrogens (tertiary/aromatic N) is 1. The van der Waals surface area contributed by atoms with Crippen molar-refractivity contribution in [3.8, 4) is 11.8 Å². The highest BCUT2D eigenvalue weighted by Gasteiger charge is 2.37. The number of benzene rings is 1. The molecule has 2 atom stereocenters. The lowest BCUT2D eigenvalue weighted by atomic mass is 9.67. The molecule has 2 unspecified atom stereocenters. The van der Waals surface area contributed by atoms with Crippen LogP contribution >= 0.6 is 0 Å². The van der Waals surface area contributed by atoms with E-state index < -0.39 is 17.3 Å². The van der Waals surface area contributed by atoms with Crippen molar-refractivity contribution in [1.82, 2.24) is 0 Å². The number of carbonyl (C=O) groups is 1. The molecular formula is C19H19NO3. The molecule has 0 bridgehead atoms. The van der Waals surface area contributed by atoms with Gasteiger partial charge < -0.3 is 9.47 Å². The van der Waals surface area contributed by atoms with Gasteiger partial charge in [0.15, 0.2) is 0 Å². The van der Waals surface area contributed by atoms with Gasteiger partial charge in [0, 0.05) is 11.5 Å². The zero-order valence-corrected chi connectivity index (χ0v) is 13.4. The van der Waals surface area contributed by atoms with E-state index in [0.29, 0.717) is 0 Å². The van der Waals surface area contributed by atoms with Crippen molar-refractivity contribution in [1.29, 1.82) is 5.26 Å². The maximum absolute atomic E-state index is 11.3. The van der Waals surface area contributed by atoms with Gasteiger partial charge in [-0.1, -0.05) is 43.4 Å². The van der Waals surface area contributed by atoms with Crippen molar-refractivity contribution in [3.63, 3.8) is 0 Å². The summed E-state index contributed by atoms with van der Waals surface area (Å²) in [6.07, 6.45) is 8.75. The fourth-order valence-corrected chi connectivity index (χ4v) is 2.70. The molecule has 4 heteroatoms. The molecule has 0 radical (unpaired) electrons. The number of hydrogen-bond acceptors (Lipinski definition) is 4. The maximum atomic E-state index is 11.3. The highest BCUT2D eigenvalue weighted by molar-refractivity contribution is 5.82. The normalized spacial score (nSPS) is 23.2. The predicted octanol–water partition coefficient (Wildman–Crippen LogP) is 3.32. The smallest absolute Gasteiger partial charge is 0.330 e. The lowest BCUT2D eigenvalue weighted by Gasteiger charge is -2.34. The summed E-state index contributed by atoms with van der Waals surface area (Å²) in [7, 11) is 2.94. The van der Waals surface area contributed by atoms with Gasteiger partial charge in [-0.3, -0.25) is 0 Å². The summed E-state index contributed by atoms with van der Waals surface area (Å²) in [6.45, 7) is 2.01. The summed E-state index contributed by atoms with van der Waals surface area (Å²) in [5, 5.41) is 9.68. The third-order valence-corrected chi connectivity index (χ3v) is 4.12. The van der Waals surface area contributed by atoms with Crippen LogP contribution in [0.15, 0.2) is 60.2 Å². The van der Waals surface area contributed by atoms with Gasteiger partial charge >= 0.3 is 5.97 Å². The van der Waals surface area contributed by atoms with E-state index in [-0.39, 0.29) is 0 Å². The van der Waals surface area contributed by atoms with Gasteiger partial charge in [0.2, 0.25) is 0 Å². The van der Waals surface area contributed by atoms with Gasteiger partial charge in [0.25, 0.3) is 0 Å². The number of methoxy groups -OCH3 is 2. The lowest BCUT2D eigenvalue weighted by Crippen LogP contribution is -2.31. The first-order valence-corrected chi connectivity index (χ1v) is 7.24. The second kappa shape index (κ2) is 6.97. The SMILES string of the molecule is COC(=O)/C=C/C1=CC=CC(C)(c2ccc(OC)cc2)C1C#N. The molecule has 1 aromatic rings. The summed E-state index contributed by atoms with van der Waals surface area (Å²) >= 11 is 0. The number of hydrogen-bond donors (Lipinski definition) is 0. The molecule has 2 rings (SSSR count). The van der Waals surface area contributed by atoms with Gasteiger partial charge in [0.1, 0.15) is 5.75 Å².